The molecule has 3 fully saturated rings. The van der Waals surface area contributed by atoms with Crippen molar-refractivity contribution >= 4 is 24.1 Å². The van der Waals surface area contributed by atoms with Crippen LogP contribution < -0.4 is 10.5 Å². The van der Waals surface area contributed by atoms with E-state index in [9.17, 15) is 44.9 Å². The third-order valence-electron chi connectivity index (χ3n) is 13.8. The standard InChI is InChI=1S/C41H56N2O13/c1-19-9-12-29(55-30-17-39(6,43(51)52)34(23(5)54-30)42-38(50)53-8)20(2)14-27-28(45)15-24(18-44)16-41(27)36(48)31(37(49)56-41)35(47)40(7)26(19)11-10-25-32(40)21(3)13-22(4)33(25)46/h9-11,14-15,18,21-23,25-30,32-34,43,45-47,51H,12-13,16-17H2,1-8H3,(H,42,50)/b19-9+,20-14+,35-31?/t21-,22-,23+,25-,26-,27+,28-,29-,30-,32+,33-,34+,39+,40+,41-/m0/s1. The molecule has 0 aromatic heterocycles. The number of aliphatic hydroxyl groups excluding tert-OH is 3. The van der Waals surface area contributed by atoms with Crippen molar-refractivity contribution in [2.24, 2.45) is 40.9 Å². The number of nitrogens with one attached hydrogen (secondary N) is 2. The van der Waals surface area contributed by atoms with Gasteiger partial charge in [0.1, 0.15) is 23.7 Å². The number of hydrogen-bond acceptors (Lipinski definition) is 13. The minimum absolute atomic E-state index is 0.0391. The van der Waals surface area contributed by atoms with Gasteiger partial charge in [0.25, 0.3) is 0 Å². The number of ketones is 1. The maximum absolute atomic E-state index is 14.9. The average Bonchev–Trinajstić information content (AvgIpc) is 3.38. The van der Waals surface area contributed by atoms with E-state index in [1.54, 1.807) is 19.9 Å². The molecule has 2 heterocycles. The Morgan fingerprint density at radius 3 is 2.43 bits per heavy atom. The molecule has 1 amide bonds. The van der Waals surface area contributed by atoms with Gasteiger partial charge in [-0.2, -0.15) is 0 Å². The molecule has 15 nitrogen and oxygen atoms in total. The van der Waals surface area contributed by atoms with Crippen molar-refractivity contribution in [3.63, 3.8) is 0 Å². The highest BCUT2D eigenvalue weighted by Crippen LogP contribution is 2.60. The highest BCUT2D eigenvalue weighted by Gasteiger charge is 2.64. The summed E-state index contributed by atoms with van der Waals surface area (Å²) in [4.78, 5) is 53.3. The van der Waals surface area contributed by atoms with Crippen molar-refractivity contribution < 1.29 is 63.9 Å². The summed E-state index contributed by atoms with van der Waals surface area (Å²) in [5, 5.41) is 60.1. The largest absolute Gasteiger partial charge is 0.600 e. The van der Waals surface area contributed by atoms with Crippen molar-refractivity contribution in [1.82, 2.24) is 5.32 Å². The number of ether oxygens (including phenoxy) is 4. The summed E-state index contributed by atoms with van der Waals surface area (Å²) in [6.07, 6.45) is 3.74. The minimum Gasteiger partial charge on any atom is -0.600 e. The Hall–Kier alpha value is -3.70. The second kappa shape index (κ2) is 15.2. The Labute approximate surface area is 326 Å². The Balaban J connectivity index is 1.51. The molecule has 2 saturated heterocycles. The second-order valence-electron chi connectivity index (χ2n) is 17.3. The molecule has 4 aliphatic carbocycles. The first-order chi connectivity index (χ1) is 26.2. The third-order valence-corrected chi connectivity index (χ3v) is 13.8. The number of allylic oxidation sites excluding steroid dienone is 3. The van der Waals surface area contributed by atoms with Crippen LogP contribution in [0, 0.1) is 46.1 Å². The van der Waals surface area contributed by atoms with E-state index in [4.69, 9.17) is 18.9 Å². The summed E-state index contributed by atoms with van der Waals surface area (Å²) in [6.45, 7) is 12.6. The molecule has 6 aliphatic rings. The maximum Gasteiger partial charge on any atom is 0.407 e. The number of methoxy groups -OCH3 is 1. The number of esters is 1. The van der Waals surface area contributed by atoms with E-state index in [1.807, 2.05) is 45.9 Å². The fourth-order valence-electron chi connectivity index (χ4n) is 10.9. The predicted molar refractivity (Wildman–Crippen MR) is 198 cm³/mol. The number of carbonyl (C=O) groups excluding carboxylic acids is 4. The summed E-state index contributed by atoms with van der Waals surface area (Å²) in [7, 11) is 1.18. The Kier molecular flexibility index (Phi) is 11.4. The van der Waals surface area contributed by atoms with Crippen LogP contribution >= 0.6 is 0 Å². The van der Waals surface area contributed by atoms with Crippen molar-refractivity contribution in [2.75, 3.05) is 7.11 Å². The number of aldehydes is 1. The number of hydrogen-bond donors (Lipinski definition) is 6. The first-order valence-corrected chi connectivity index (χ1v) is 19.4. The molecule has 56 heavy (non-hydrogen) atoms. The predicted octanol–water partition coefficient (Wildman–Crippen LogP) is 2.70. The van der Waals surface area contributed by atoms with E-state index >= 15 is 0 Å². The van der Waals surface area contributed by atoms with Gasteiger partial charge in [-0.3, -0.25) is 9.59 Å². The molecule has 0 radical (unpaired) electrons. The van der Waals surface area contributed by atoms with Crippen LogP contribution in [0.25, 0.3) is 0 Å². The lowest BCUT2D eigenvalue weighted by atomic mass is 9.49. The van der Waals surface area contributed by atoms with Gasteiger partial charge in [0, 0.05) is 23.7 Å². The van der Waals surface area contributed by atoms with Crippen LogP contribution in [-0.4, -0.2) is 99.7 Å². The van der Waals surface area contributed by atoms with Crippen LogP contribution in [0.4, 0.5) is 4.79 Å². The summed E-state index contributed by atoms with van der Waals surface area (Å²) < 4.78 is 23.5. The highest BCUT2D eigenvalue weighted by atomic mass is 16.8. The highest BCUT2D eigenvalue weighted by molar-refractivity contribution is 6.26. The molecule has 16 atom stereocenters. The third kappa shape index (κ3) is 6.68. The lowest BCUT2D eigenvalue weighted by Gasteiger charge is -2.55. The van der Waals surface area contributed by atoms with Gasteiger partial charge in [-0.05, 0) is 75.5 Å². The normalized spacial score (nSPS) is 46.4. The quantitative estimate of drug-likeness (QED) is 0.0777. The van der Waals surface area contributed by atoms with Crippen LogP contribution in [0.2, 0.25) is 0 Å². The Morgan fingerprint density at radius 1 is 1.09 bits per heavy atom. The Morgan fingerprint density at radius 2 is 1.79 bits per heavy atom. The van der Waals surface area contributed by atoms with Crippen molar-refractivity contribution in [3.05, 3.63) is 63.6 Å². The Bertz CT molecular complexity index is 1780. The van der Waals surface area contributed by atoms with E-state index in [1.165, 1.54) is 20.1 Å². The molecule has 1 saturated carbocycles. The number of quaternary nitrogens is 1. The van der Waals surface area contributed by atoms with Gasteiger partial charge in [0.15, 0.2) is 17.4 Å². The fraction of sp³-hybridized carbons (Fsp3) is 0.659. The molecule has 308 valence electrons. The molecule has 1 unspecified atom stereocenters. The van der Waals surface area contributed by atoms with Gasteiger partial charge in [-0.1, -0.05) is 50.6 Å². The summed E-state index contributed by atoms with van der Waals surface area (Å²) >= 11 is 0. The van der Waals surface area contributed by atoms with E-state index in [0.717, 1.165) is 5.57 Å². The zero-order valence-electron chi connectivity index (χ0n) is 33.2. The molecule has 1 spiro atoms. The topological polar surface area (TPSA) is 226 Å². The van der Waals surface area contributed by atoms with Crippen LogP contribution in [0.5, 0.6) is 0 Å². The number of aliphatic hydroxyl groups is 3. The molecular weight excluding hydrogens is 728 g/mol. The van der Waals surface area contributed by atoms with E-state index in [-0.39, 0.29) is 36.7 Å². The van der Waals surface area contributed by atoms with E-state index < -0.39 is 111 Å². The minimum atomic E-state index is -2.08. The van der Waals surface area contributed by atoms with Gasteiger partial charge in [-0.15, -0.1) is 0 Å². The monoisotopic (exact) mass is 784 g/mol. The number of hydroxylamine groups is 2. The lowest BCUT2D eigenvalue weighted by molar-refractivity contribution is -1.09. The molecule has 0 aromatic rings. The van der Waals surface area contributed by atoms with Crippen molar-refractivity contribution in [1.29, 1.82) is 0 Å². The average molecular weight is 785 g/mol. The lowest BCUT2D eigenvalue weighted by Crippen LogP contribution is -3.17. The van der Waals surface area contributed by atoms with Gasteiger partial charge >= 0.3 is 12.1 Å². The second-order valence-corrected chi connectivity index (χ2v) is 17.3. The maximum atomic E-state index is 14.9. The van der Waals surface area contributed by atoms with Gasteiger partial charge in [-0.25, -0.2) is 20.0 Å². The molecule has 6 rings (SSSR count). The molecule has 6 N–H and O–H groups in total. The SMILES string of the molecule is COC(=O)N[C@@H]1[C@@H](C)O[C@@H](O[C@H]2C/C=C(\C)[C@@H]3C=C[C@@H]4[C@@H](O)[C@@H](C)C[C@H](C)[C@H]4[C@]3(C)C(O)=C3C(=O)O[C@]4(CC(C=O)=C[C@H](O)[C@H]4/C=C/2C)C3=O)C[C@@]1(C)[NH+]([O-])O. The molecule has 2 bridgehead atoms. The molecule has 15 heteroatoms. The van der Waals surface area contributed by atoms with Gasteiger partial charge in [0.2, 0.25) is 5.78 Å². The van der Waals surface area contributed by atoms with Crippen molar-refractivity contribution in [2.45, 2.75) is 122 Å². The number of alkyl carbamates (subject to hydrolysis) is 1. The first-order valence-electron chi connectivity index (χ1n) is 19.4. The summed E-state index contributed by atoms with van der Waals surface area (Å²) in [6, 6.07) is -0.970. The fourth-order valence-corrected chi connectivity index (χ4v) is 10.9. The molecule has 0 aromatic carbocycles. The van der Waals surface area contributed by atoms with Crippen molar-refractivity contribution in [3.8, 4) is 0 Å². The number of carbonyl (C=O) groups is 4. The summed E-state index contributed by atoms with van der Waals surface area (Å²) in [5.74, 6) is -5.05. The van der Waals surface area contributed by atoms with Crippen LogP contribution in [0.1, 0.15) is 74.1 Å². The molecular formula is C41H56N2O13. The zero-order chi connectivity index (χ0) is 41.2. The van der Waals surface area contributed by atoms with Crippen LogP contribution in [0.15, 0.2) is 58.4 Å². The zero-order valence-corrected chi connectivity index (χ0v) is 33.2. The number of fused-ring (bicyclic) bond motifs is 4. The number of Topliss-reactive ketones (excluding diaryl/α,β-unsaturated/α-hetero) is 1. The smallest absolute Gasteiger partial charge is 0.407 e. The van der Waals surface area contributed by atoms with Gasteiger partial charge < -0.3 is 44.8 Å². The number of amides is 1. The van der Waals surface area contributed by atoms with Crippen LogP contribution in [0.3, 0.4) is 0 Å². The van der Waals surface area contributed by atoms with E-state index in [2.05, 4.69) is 5.32 Å². The molecule has 2 aliphatic heterocycles. The van der Waals surface area contributed by atoms with Gasteiger partial charge in [0.05, 0.1) is 43.9 Å². The van der Waals surface area contributed by atoms with E-state index in [0.29, 0.717) is 18.3 Å². The number of rotatable bonds is 5. The first kappa shape index (κ1) is 41.9. The summed E-state index contributed by atoms with van der Waals surface area (Å²) in [5.41, 5.74) is -4.13. The van der Waals surface area contributed by atoms with Crippen LogP contribution in [-0.2, 0) is 33.3 Å².